The maximum atomic E-state index is 5.38. The number of methoxy groups -OCH3 is 2. The van der Waals surface area contributed by atoms with Crippen LogP contribution in [-0.4, -0.2) is 20.8 Å². The van der Waals surface area contributed by atoms with Crippen LogP contribution >= 0.6 is 0 Å². The molecule has 0 spiro atoms. The molecule has 1 aromatic carbocycles. The monoisotopic (exact) mass is 221 g/mol. The summed E-state index contributed by atoms with van der Waals surface area (Å²) in [5.74, 6) is 1.77. The number of ether oxygens (including phenoxy) is 2. The molecule has 16 heavy (non-hydrogen) atoms. The van der Waals surface area contributed by atoms with E-state index < -0.39 is 0 Å². The zero-order valence-electron chi connectivity index (χ0n) is 10.2. The summed E-state index contributed by atoms with van der Waals surface area (Å²) in [5.41, 5.74) is 2.51. The molecule has 1 aromatic rings. The number of hydrogen-bond acceptors (Lipinski definition) is 3. The average Bonchev–Trinajstić information content (AvgIpc) is 2.83. The highest BCUT2D eigenvalue weighted by Gasteiger charge is 2.20. The van der Waals surface area contributed by atoms with Gasteiger partial charge in [0.1, 0.15) is 11.5 Å². The first kappa shape index (κ1) is 11.3. The molecular formula is C13H19NO2. The summed E-state index contributed by atoms with van der Waals surface area (Å²) in [7, 11) is 3.39. The Balaban J connectivity index is 2.41. The first-order chi connectivity index (χ1) is 7.76. The largest absolute Gasteiger partial charge is 0.497 e. The zero-order valence-corrected chi connectivity index (χ0v) is 10.2. The lowest BCUT2D eigenvalue weighted by atomic mass is 9.99. The van der Waals surface area contributed by atoms with E-state index >= 15 is 0 Å². The second kappa shape index (κ2) is 4.74. The van der Waals surface area contributed by atoms with E-state index in [-0.39, 0.29) is 0 Å². The lowest BCUT2D eigenvalue weighted by molar-refractivity contribution is 0.390. The van der Waals surface area contributed by atoms with Crippen LogP contribution < -0.4 is 14.8 Å². The van der Waals surface area contributed by atoms with Crippen molar-refractivity contribution >= 4 is 0 Å². The van der Waals surface area contributed by atoms with Crippen molar-refractivity contribution in [3.05, 3.63) is 23.3 Å². The normalized spacial score (nSPS) is 19.8. The minimum Gasteiger partial charge on any atom is -0.497 e. The second-order valence-corrected chi connectivity index (χ2v) is 4.19. The summed E-state index contributed by atoms with van der Waals surface area (Å²) in [4.78, 5) is 0. The third-order valence-electron chi connectivity index (χ3n) is 3.27. The number of hydrogen-bond donors (Lipinski definition) is 1. The Morgan fingerprint density at radius 2 is 2.06 bits per heavy atom. The van der Waals surface area contributed by atoms with E-state index in [0.29, 0.717) is 6.04 Å². The van der Waals surface area contributed by atoms with Crippen LogP contribution in [0.4, 0.5) is 0 Å². The fourth-order valence-corrected chi connectivity index (χ4v) is 2.32. The maximum Gasteiger partial charge on any atom is 0.125 e. The highest BCUT2D eigenvalue weighted by atomic mass is 16.5. The van der Waals surface area contributed by atoms with Crippen LogP contribution in [0.25, 0.3) is 0 Å². The van der Waals surface area contributed by atoms with Gasteiger partial charge in [0, 0.05) is 12.1 Å². The molecule has 0 radical (unpaired) electrons. The van der Waals surface area contributed by atoms with E-state index in [1.165, 1.54) is 24.0 Å². The molecule has 1 fully saturated rings. The molecule has 0 bridgehead atoms. The van der Waals surface area contributed by atoms with E-state index in [9.17, 15) is 0 Å². The number of nitrogens with one attached hydrogen (secondary N) is 1. The van der Waals surface area contributed by atoms with Crippen LogP contribution in [0.3, 0.4) is 0 Å². The average molecular weight is 221 g/mol. The quantitative estimate of drug-likeness (QED) is 0.850. The molecule has 2 rings (SSSR count). The molecule has 1 aliphatic heterocycles. The number of rotatable bonds is 3. The Labute approximate surface area is 96.8 Å². The molecule has 3 heteroatoms. The van der Waals surface area contributed by atoms with Crippen molar-refractivity contribution in [2.24, 2.45) is 0 Å². The third-order valence-corrected chi connectivity index (χ3v) is 3.27. The molecule has 1 atom stereocenters. The van der Waals surface area contributed by atoms with Crippen molar-refractivity contribution < 1.29 is 9.47 Å². The minimum absolute atomic E-state index is 0.448. The molecule has 1 unspecified atom stereocenters. The van der Waals surface area contributed by atoms with Crippen LogP contribution in [0.15, 0.2) is 12.1 Å². The molecule has 1 N–H and O–H groups in total. The fraction of sp³-hybridized carbons (Fsp3) is 0.538. The van der Waals surface area contributed by atoms with Crippen molar-refractivity contribution in [3.63, 3.8) is 0 Å². The fourth-order valence-electron chi connectivity index (χ4n) is 2.32. The molecule has 0 aromatic heterocycles. The highest BCUT2D eigenvalue weighted by Crippen LogP contribution is 2.34. The Bertz CT molecular complexity index is 370. The number of benzene rings is 1. The van der Waals surface area contributed by atoms with Crippen LogP contribution in [0, 0.1) is 6.92 Å². The summed E-state index contributed by atoms with van der Waals surface area (Å²) in [6.45, 7) is 3.21. The molecule has 0 saturated carbocycles. The Morgan fingerprint density at radius 3 is 2.62 bits per heavy atom. The van der Waals surface area contributed by atoms with Crippen molar-refractivity contribution in [2.75, 3.05) is 20.8 Å². The second-order valence-electron chi connectivity index (χ2n) is 4.19. The van der Waals surface area contributed by atoms with Crippen molar-refractivity contribution in [3.8, 4) is 11.5 Å². The van der Waals surface area contributed by atoms with Gasteiger partial charge in [0.15, 0.2) is 0 Å². The van der Waals surface area contributed by atoms with Crippen LogP contribution in [0.5, 0.6) is 11.5 Å². The summed E-state index contributed by atoms with van der Waals surface area (Å²) < 4.78 is 10.7. The van der Waals surface area contributed by atoms with Gasteiger partial charge in [-0.05, 0) is 43.5 Å². The molecular weight excluding hydrogens is 202 g/mol. The smallest absolute Gasteiger partial charge is 0.125 e. The Morgan fingerprint density at radius 1 is 1.25 bits per heavy atom. The summed E-state index contributed by atoms with van der Waals surface area (Å²) in [5, 5.41) is 3.51. The van der Waals surface area contributed by atoms with Gasteiger partial charge < -0.3 is 14.8 Å². The van der Waals surface area contributed by atoms with Gasteiger partial charge in [-0.25, -0.2) is 0 Å². The molecule has 3 nitrogen and oxygen atoms in total. The maximum absolute atomic E-state index is 5.38. The van der Waals surface area contributed by atoms with E-state index in [1.54, 1.807) is 14.2 Å². The first-order valence-electron chi connectivity index (χ1n) is 5.72. The topological polar surface area (TPSA) is 30.5 Å². The Kier molecular flexibility index (Phi) is 3.34. The van der Waals surface area contributed by atoms with E-state index in [4.69, 9.17) is 9.47 Å². The standard InChI is InChI=1S/C13H19NO2/c1-9-11(12-5-4-6-14-12)7-10(15-2)8-13(9)16-3/h7-8,12,14H,4-6H2,1-3H3. The van der Waals surface area contributed by atoms with Gasteiger partial charge in [0.2, 0.25) is 0 Å². The van der Waals surface area contributed by atoms with Gasteiger partial charge in [0.05, 0.1) is 14.2 Å². The molecule has 1 saturated heterocycles. The van der Waals surface area contributed by atoms with Gasteiger partial charge in [0.25, 0.3) is 0 Å². The predicted molar refractivity (Wildman–Crippen MR) is 64.3 cm³/mol. The third kappa shape index (κ3) is 2.00. The van der Waals surface area contributed by atoms with E-state index in [1.807, 2.05) is 6.07 Å². The summed E-state index contributed by atoms with van der Waals surface area (Å²) >= 11 is 0. The minimum atomic E-state index is 0.448. The summed E-state index contributed by atoms with van der Waals surface area (Å²) in [6, 6.07) is 4.50. The molecule has 0 amide bonds. The van der Waals surface area contributed by atoms with Crippen LogP contribution in [0.2, 0.25) is 0 Å². The van der Waals surface area contributed by atoms with Gasteiger partial charge in [-0.2, -0.15) is 0 Å². The van der Waals surface area contributed by atoms with Crippen molar-refractivity contribution in [2.45, 2.75) is 25.8 Å². The van der Waals surface area contributed by atoms with E-state index in [2.05, 4.69) is 18.3 Å². The lowest BCUT2D eigenvalue weighted by Gasteiger charge is -2.17. The Hall–Kier alpha value is -1.22. The SMILES string of the molecule is COc1cc(OC)c(C)c(C2CCCN2)c1. The molecule has 88 valence electrons. The first-order valence-corrected chi connectivity index (χ1v) is 5.72. The van der Waals surface area contributed by atoms with Gasteiger partial charge in [-0.3, -0.25) is 0 Å². The lowest BCUT2D eigenvalue weighted by Crippen LogP contribution is -2.14. The van der Waals surface area contributed by atoms with Crippen molar-refractivity contribution in [1.82, 2.24) is 5.32 Å². The van der Waals surface area contributed by atoms with Crippen LogP contribution in [-0.2, 0) is 0 Å². The van der Waals surface area contributed by atoms with Gasteiger partial charge in [-0.15, -0.1) is 0 Å². The molecule has 1 heterocycles. The molecule has 0 aliphatic carbocycles. The zero-order chi connectivity index (χ0) is 11.5. The molecule has 1 aliphatic rings. The van der Waals surface area contributed by atoms with Gasteiger partial charge >= 0.3 is 0 Å². The van der Waals surface area contributed by atoms with Crippen molar-refractivity contribution in [1.29, 1.82) is 0 Å². The van der Waals surface area contributed by atoms with Crippen LogP contribution in [0.1, 0.15) is 30.0 Å². The summed E-state index contributed by atoms with van der Waals surface area (Å²) in [6.07, 6.45) is 2.43. The van der Waals surface area contributed by atoms with E-state index in [0.717, 1.165) is 18.0 Å². The highest BCUT2D eigenvalue weighted by molar-refractivity contribution is 5.47. The predicted octanol–water partition coefficient (Wildman–Crippen LogP) is 2.44. The van der Waals surface area contributed by atoms with Gasteiger partial charge in [-0.1, -0.05) is 0 Å².